The Morgan fingerprint density at radius 1 is 1.10 bits per heavy atom. The predicted molar refractivity (Wildman–Crippen MR) is 73.7 cm³/mol. The average molecular weight is 269 g/mol. The topological polar surface area (TPSA) is 101 Å². The van der Waals surface area contributed by atoms with Crippen LogP contribution in [0.25, 0.3) is 22.2 Å². The van der Waals surface area contributed by atoms with Crippen molar-refractivity contribution < 1.29 is 15.1 Å². The van der Waals surface area contributed by atoms with Gasteiger partial charge in [0, 0.05) is 5.69 Å². The van der Waals surface area contributed by atoms with Crippen molar-refractivity contribution >= 4 is 22.7 Å². The quantitative estimate of drug-likeness (QED) is 0.489. The normalized spacial score (nSPS) is 10.8. The highest BCUT2D eigenvalue weighted by molar-refractivity contribution is 5.91. The average Bonchev–Trinajstić information content (AvgIpc) is 2.77. The van der Waals surface area contributed by atoms with Crippen molar-refractivity contribution in [1.29, 1.82) is 0 Å². The Morgan fingerprint density at radius 3 is 2.40 bits per heavy atom. The van der Waals surface area contributed by atoms with Crippen molar-refractivity contribution in [3.05, 3.63) is 48.3 Å². The van der Waals surface area contributed by atoms with Crippen molar-refractivity contribution in [1.82, 2.24) is 9.71 Å². The van der Waals surface area contributed by atoms with E-state index in [0.29, 0.717) is 21.5 Å². The van der Waals surface area contributed by atoms with E-state index in [1.165, 1.54) is 0 Å². The number of hydrogen-bond donors (Lipinski definition) is 3. The van der Waals surface area contributed by atoms with Crippen LogP contribution < -0.4 is 5.73 Å². The second-order valence-electron chi connectivity index (χ2n) is 4.38. The highest BCUT2D eigenvalue weighted by Gasteiger charge is 2.16. The van der Waals surface area contributed by atoms with E-state index in [9.17, 15) is 10.0 Å². The summed E-state index contributed by atoms with van der Waals surface area (Å²) in [6.07, 6.45) is 0. The minimum atomic E-state index is -1.28. The Kier molecular flexibility index (Phi) is 2.57. The number of nitrogens with zero attached hydrogens (tertiary/aromatic N) is 2. The lowest BCUT2D eigenvalue weighted by Gasteiger charge is -2.03. The van der Waals surface area contributed by atoms with Gasteiger partial charge in [-0.25, -0.2) is 9.78 Å². The summed E-state index contributed by atoms with van der Waals surface area (Å²) in [4.78, 5) is 14.8. The number of carboxylic acid groups (broad SMARTS) is 1. The molecule has 2 aromatic carbocycles. The van der Waals surface area contributed by atoms with Crippen LogP contribution in [0.3, 0.4) is 0 Å². The molecule has 0 aliphatic heterocycles. The standard InChI is InChI=1S/C14H11N3O3/c15-10-4-1-8(2-5-10)9-3-6-11-12(7-9)17(20)13(16-11)14(18)19/h1-7,20H,15H2,(H,18,19). The molecule has 0 fully saturated rings. The van der Waals surface area contributed by atoms with Gasteiger partial charge < -0.3 is 16.0 Å². The lowest BCUT2D eigenvalue weighted by Crippen LogP contribution is -2.06. The Hall–Kier alpha value is -3.02. The Morgan fingerprint density at radius 2 is 1.75 bits per heavy atom. The van der Waals surface area contributed by atoms with E-state index >= 15 is 0 Å². The number of nitrogen functional groups attached to an aromatic ring is 1. The Balaban J connectivity index is 2.17. The number of nitrogens with two attached hydrogens (primary N) is 1. The van der Waals surface area contributed by atoms with E-state index in [-0.39, 0.29) is 0 Å². The summed E-state index contributed by atoms with van der Waals surface area (Å²) in [5.74, 6) is -1.69. The lowest BCUT2D eigenvalue weighted by molar-refractivity contribution is 0.0639. The van der Waals surface area contributed by atoms with Gasteiger partial charge in [0.1, 0.15) is 5.52 Å². The number of carbonyl (C=O) groups is 1. The van der Waals surface area contributed by atoms with Crippen molar-refractivity contribution in [2.45, 2.75) is 0 Å². The maximum absolute atomic E-state index is 10.9. The van der Waals surface area contributed by atoms with Crippen LogP contribution in [0.15, 0.2) is 42.5 Å². The zero-order chi connectivity index (χ0) is 14.3. The second kappa shape index (κ2) is 4.27. The van der Waals surface area contributed by atoms with Gasteiger partial charge in [-0.3, -0.25) is 0 Å². The summed E-state index contributed by atoms with van der Waals surface area (Å²) in [5.41, 5.74) is 8.82. The van der Waals surface area contributed by atoms with Gasteiger partial charge in [0.05, 0.1) is 5.52 Å². The number of aromatic carboxylic acids is 1. The van der Waals surface area contributed by atoms with E-state index in [4.69, 9.17) is 10.8 Å². The van der Waals surface area contributed by atoms with Crippen LogP contribution in [0.5, 0.6) is 0 Å². The van der Waals surface area contributed by atoms with Crippen LogP contribution in [0, 0.1) is 0 Å². The molecular weight excluding hydrogens is 258 g/mol. The second-order valence-corrected chi connectivity index (χ2v) is 4.38. The number of aromatic nitrogens is 2. The summed E-state index contributed by atoms with van der Waals surface area (Å²) in [6.45, 7) is 0. The van der Waals surface area contributed by atoms with Crippen LogP contribution in [0.2, 0.25) is 0 Å². The predicted octanol–water partition coefficient (Wildman–Crippen LogP) is 2.22. The number of fused-ring (bicyclic) bond motifs is 1. The van der Waals surface area contributed by atoms with E-state index in [2.05, 4.69) is 4.98 Å². The van der Waals surface area contributed by atoms with E-state index in [0.717, 1.165) is 11.1 Å². The third-order valence-electron chi connectivity index (χ3n) is 3.07. The first kappa shape index (κ1) is 12.0. The molecule has 1 aromatic heterocycles. The first-order chi connectivity index (χ1) is 9.56. The molecule has 0 spiro atoms. The van der Waals surface area contributed by atoms with Gasteiger partial charge in [-0.15, -0.1) is 0 Å². The maximum atomic E-state index is 10.9. The number of benzene rings is 2. The molecule has 3 rings (SSSR count). The fourth-order valence-electron chi connectivity index (χ4n) is 2.06. The minimum Gasteiger partial charge on any atom is -0.475 e. The van der Waals surface area contributed by atoms with Crippen LogP contribution >= 0.6 is 0 Å². The monoisotopic (exact) mass is 269 g/mol. The molecule has 0 unspecified atom stereocenters. The number of imidazole rings is 1. The zero-order valence-corrected chi connectivity index (χ0v) is 10.3. The molecule has 0 amide bonds. The molecule has 20 heavy (non-hydrogen) atoms. The number of carboxylic acids is 1. The van der Waals surface area contributed by atoms with E-state index in [1.807, 2.05) is 18.2 Å². The number of hydrogen-bond acceptors (Lipinski definition) is 4. The minimum absolute atomic E-state index is 0.344. The fourth-order valence-corrected chi connectivity index (χ4v) is 2.06. The van der Waals surface area contributed by atoms with Gasteiger partial charge in [0.25, 0.3) is 5.82 Å². The Labute approximate surface area is 113 Å². The number of anilines is 1. The summed E-state index contributed by atoms with van der Waals surface area (Å²) in [6, 6.07) is 12.4. The van der Waals surface area contributed by atoms with Crippen LogP contribution in [-0.2, 0) is 0 Å². The third kappa shape index (κ3) is 1.83. The molecule has 0 atom stereocenters. The van der Waals surface area contributed by atoms with Crippen molar-refractivity contribution in [2.75, 3.05) is 5.73 Å². The highest BCUT2D eigenvalue weighted by atomic mass is 16.5. The summed E-state index contributed by atoms with van der Waals surface area (Å²) < 4.78 is 0.582. The fraction of sp³-hybridized carbons (Fsp3) is 0. The van der Waals surface area contributed by atoms with Crippen LogP contribution in [0.4, 0.5) is 5.69 Å². The first-order valence-electron chi connectivity index (χ1n) is 5.87. The molecular formula is C14H11N3O3. The molecule has 1 heterocycles. The maximum Gasteiger partial charge on any atom is 0.375 e. The van der Waals surface area contributed by atoms with Gasteiger partial charge in [0.15, 0.2) is 0 Å². The molecule has 0 saturated carbocycles. The SMILES string of the molecule is Nc1ccc(-c2ccc3nc(C(=O)O)n(O)c3c2)cc1. The van der Waals surface area contributed by atoms with Gasteiger partial charge in [-0.1, -0.05) is 18.2 Å². The zero-order valence-electron chi connectivity index (χ0n) is 10.3. The van der Waals surface area contributed by atoms with Crippen molar-refractivity contribution in [3.8, 4) is 11.1 Å². The number of rotatable bonds is 2. The summed E-state index contributed by atoms with van der Waals surface area (Å²) in [5, 5.41) is 18.8. The summed E-state index contributed by atoms with van der Waals surface area (Å²) in [7, 11) is 0. The van der Waals surface area contributed by atoms with Gasteiger partial charge in [-0.2, -0.15) is 4.73 Å². The van der Waals surface area contributed by atoms with Crippen molar-refractivity contribution in [2.24, 2.45) is 0 Å². The van der Waals surface area contributed by atoms with Crippen LogP contribution in [0.1, 0.15) is 10.6 Å². The highest BCUT2D eigenvalue weighted by Crippen LogP contribution is 2.25. The molecule has 4 N–H and O–H groups in total. The van der Waals surface area contributed by atoms with Gasteiger partial charge in [0.2, 0.25) is 0 Å². The van der Waals surface area contributed by atoms with Gasteiger partial charge >= 0.3 is 5.97 Å². The van der Waals surface area contributed by atoms with Crippen LogP contribution in [-0.4, -0.2) is 26.0 Å². The molecule has 0 bridgehead atoms. The van der Waals surface area contributed by atoms with Gasteiger partial charge in [-0.05, 0) is 35.4 Å². The summed E-state index contributed by atoms with van der Waals surface area (Å²) >= 11 is 0. The van der Waals surface area contributed by atoms with E-state index < -0.39 is 11.8 Å². The molecule has 0 radical (unpaired) electrons. The largest absolute Gasteiger partial charge is 0.475 e. The first-order valence-corrected chi connectivity index (χ1v) is 5.87. The molecule has 6 nitrogen and oxygen atoms in total. The molecule has 0 saturated heterocycles. The Bertz CT molecular complexity index is 806. The lowest BCUT2D eigenvalue weighted by atomic mass is 10.0. The van der Waals surface area contributed by atoms with E-state index in [1.54, 1.807) is 24.3 Å². The molecule has 3 aromatic rings. The molecule has 0 aliphatic rings. The molecule has 100 valence electrons. The molecule has 6 heteroatoms. The smallest absolute Gasteiger partial charge is 0.375 e. The third-order valence-corrected chi connectivity index (χ3v) is 3.07. The molecule has 0 aliphatic carbocycles. The van der Waals surface area contributed by atoms with Crippen molar-refractivity contribution in [3.63, 3.8) is 0 Å².